The molecular formula is C23H24FNO. The van der Waals surface area contributed by atoms with Crippen LogP contribution in [0.3, 0.4) is 0 Å². The lowest BCUT2D eigenvalue weighted by atomic mass is 9.85. The predicted molar refractivity (Wildman–Crippen MR) is 103 cm³/mol. The zero-order valence-electron chi connectivity index (χ0n) is 15.1. The molecule has 1 fully saturated rings. The summed E-state index contributed by atoms with van der Waals surface area (Å²) in [6.07, 6.45) is 12.3. The molecule has 1 atom stereocenters. The molecule has 26 heavy (non-hydrogen) atoms. The van der Waals surface area contributed by atoms with Crippen molar-refractivity contribution in [2.24, 2.45) is 11.8 Å². The fraction of sp³-hybridized carbons (Fsp3) is 0.348. The van der Waals surface area contributed by atoms with E-state index in [1.54, 1.807) is 12.1 Å². The third-order valence-electron chi connectivity index (χ3n) is 5.00. The molecule has 134 valence electrons. The molecule has 2 aliphatic rings. The summed E-state index contributed by atoms with van der Waals surface area (Å²) in [7, 11) is 0. The number of allylic oxidation sites excluding steroid dienone is 5. The monoisotopic (exact) mass is 349 g/mol. The first-order valence-electron chi connectivity index (χ1n) is 9.31. The molecule has 2 nitrogen and oxygen atoms in total. The minimum atomic E-state index is -0.293. The molecule has 0 radical (unpaired) electrons. The first-order chi connectivity index (χ1) is 12.7. The highest BCUT2D eigenvalue weighted by Crippen LogP contribution is 2.26. The first-order valence-corrected chi connectivity index (χ1v) is 9.31. The molecule has 1 N–H and O–H groups in total. The minimum Gasteiger partial charge on any atom is -0.352 e. The molecule has 3 heteroatoms. The van der Waals surface area contributed by atoms with Gasteiger partial charge in [0.2, 0.25) is 5.91 Å². The van der Waals surface area contributed by atoms with E-state index in [-0.39, 0.29) is 17.6 Å². The Balaban J connectivity index is 1.73. The van der Waals surface area contributed by atoms with Gasteiger partial charge < -0.3 is 5.32 Å². The maximum atomic E-state index is 13.2. The fourth-order valence-electron chi connectivity index (χ4n) is 3.11. The van der Waals surface area contributed by atoms with Crippen LogP contribution >= 0.6 is 0 Å². The first kappa shape index (κ1) is 18.2. The lowest BCUT2D eigenvalue weighted by Crippen LogP contribution is -2.34. The highest BCUT2D eigenvalue weighted by molar-refractivity contribution is 5.94. The third kappa shape index (κ3) is 4.73. The molecule has 0 saturated heterocycles. The Kier molecular flexibility index (Phi) is 6.07. The van der Waals surface area contributed by atoms with Gasteiger partial charge in [0.1, 0.15) is 5.82 Å². The van der Waals surface area contributed by atoms with E-state index in [1.807, 2.05) is 24.3 Å². The molecule has 0 heterocycles. The van der Waals surface area contributed by atoms with Gasteiger partial charge in [-0.05, 0) is 55.5 Å². The summed E-state index contributed by atoms with van der Waals surface area (Å²) in [5.74, 6) is 6.49. The summed E-state index contributed by atoms with van der Waals surface area (Å²) in [5.41, 5.74) is 2.23. The van der Waals surface area contributed by atoms with E-state index in [2.05, 4.69) is 24.1 Å². The maximum Gasteiger partial charge on any atom is 0.247 e. The summed E-state index contributed by atoms with van der Waals surface area (Å²) in [5, 5.41) is 3.08. The lowest BCUT2D eigenvalue weighted by Gasteiger charge is -2.26. The lowest BCUT2D eigenvalue weighted by molar-refractivity contribution is -0.118. The quantitative estimate of drug-likeness (QED) is 0.794. The second kappa shape index (κ2) is 8.67. The molecule has 0 aromatic heterocycles. The van der Waals surface area contributed by atoms with Gasteiger partial charge >= 0.3 is 0 Å². The van der Waals surface area contributed by atoms with Crippen molar-refractivity contribution in [2.75, 3.05) is 6.54 Å². The molecule has 0 bridgehead atoms. The van der Waals surface area contributed by atoms with Gasteiger partial charge in [-0.2, -0.15) is 0 Å². The molecule has 2 aliphatic carbocycles. The number of benzene rings is 1. The van der Waals surface area contributed by atoms with Crippen molar-refractivity contribution in [2.45, 2.75) is 32.6 Å². The van der Waals surface area contributed by atoms with Crippen LogP contribution < -0.4 is 5.32 Å². The number of hydrogen-bond acceptors (Lipinski definition) is 1. The Morgan fingerprint density at radius 2 is 2.12 bits per heavy atom. The van der Waals surface area contributed by atoms with Gasteiger partial charge in [-0.3, -0.25) is 4.79 Å². The Morgan fingerprint density at radius 3 is 2.81 bits per heavy atom. The van der Waals surface area contributed by atoms with Crippen molar-refractivity contribution in [3.05, 3.63) is 71.1 Å². The van der Waals surface area contributed by atoms with E-state index < -0.39 is 0 Å². The standard InChI is InChI=1S/C23H24FNO/c1-2-20-13-11-17(9-10-18-5-4-8-21(24)15-18)12-14-22(20)23(26)25-16-19-6-3-7-19/h4-5,8,11-15,19-20H,2-3,6-7,16H2,1H3,(H,25,26). The Hall–Kier alpha value is -2.60. The number of halogens is 1. The van der Waals surface area contributed by atoms with Gasteiger partial charge in [0.15, 0.2) is 0 Å². The Morgan fingerprint density at radius 1 is 1.27 bits per heavy atom. The average Bonchev–Trinajstić information content (AvgIpc) is 2.80. The van der Waals surface area contributed by atoms with Crippen molar-refractivity contribution in [1.82, 2.24) is 5.32 Å². The summed E-state index contributed by atoms with van der Waals surface area (Å²) in [6, 6.07) is 6.24. The number of carbonyl (C=O) groups is 1. The van der Waals surface area contributed by atoms with Crippen molar-refractivity contribution in [3.63, 3.8) is 0 Å². The summed E-state index contributed by atoms with van der Waals surface area (Å²) in [4.78, 5) is 12.6. The highest BCUT2D eigenvalue weighted by Gasteiger charge is 2.21. The third-order valence-corrected chi connectivity index (χ3v) is 5.00. The normalized spacial score (nSPS) is 19.4. The zero-order valence-corrected chi connectivity index (χ0v) is 15.1. The van der Waals surface area contributed by atoms with Gasteiger partial charge in [-0.1, -0.05) is 43.4 Å². The van der Waals surface area contributed by atoms with Crippen LogP contribution in [-0.2, 0) is 4.79 Å². The minimum absolute atomic E-state index is 0.0176. The van der Waals surface area contributed by atoms with Crippen LogP contribution in [0.5, 0.6) is 0 Å². The maximum absolute atomic E-state index is 13.2. The van der Waals surface area contributed by atoms with E-state index in [0.29, 0.717) is 11.5 Å². The predicted octanol–water partition coefficient (Wildman–Crippen LogP) is 4.54. The summed E-state index contributed by atoms with van der Waals surface area (Å²) < 4.78 is 13.2. The Bertz CT molecular complexity index is 818. The van der Waals surface area contributed by atoms with Gasteiger partial charge in [-0.25, -0.2) is 4.39 Å². The summed E-state index contributed by atoms with van der Waals surface area (Å²) >= 11 is 0. The van der Waals surface area contributed by atoms with Crippen molar-refractivity contribution in [1.29, 1.82) is 0 Å². The smallest absolute Gasteiger partial charge is 0.247 e. The molecule has 0 spiro atoms. The summed E-state index contributed by atoms with van der Waals surface area (Å²) in [6.45, 7) is 2.84. The van der Waals surface area contributed by atoms with Crippen molar-refractivity contribution in [3.8, 4) is 11.8 Å². The van der Waals surface area contributed by atoms with Crippen LogP contribution in [0, 0.1) is 29.5 Å². The topological polar surface area (TPSA) is 29.1 Å². The van der Waals surface area contributed by atoms with Crippen LogP contribution in [0.1, 0.15) is 38.2 Å². The van der Waals surface area contributed by atoms with Gasteiger partial charge in [0, 0.05) is 29.2 Å². The number of hydrogen-bond donors (Lipinski definition) is 1. The molecule has 1 amide bonds. The molecule has 3 rings (SSSR count). The van der Waals surface area contributed by atoms with Gasteiger partial charge in [0.25, 0.3) is 0 Å². The van der Waals surface area contributed by atoms with Crippen LogP contribution in [0.25, 0.3) is 0 Å². The molecular weight excluding hydrogens is 325 g/mol. The average molecular weight is 349 g/mol. The van der Waals surface area contributed by atoms with Crippen LogP contribution in [0.2, 0.25) is 0 Å². The van der Waals surface area contributed by atoms with Crippen LogP contribution in [-0.4, -0.2) is 12.5 Å². The molecule has 1 aromatic carbocycles. The highest BCUT2D eigenvalue weighted by atomic mass is 19.1. The number of carbonyl (C=O) groups excluding carboxylic acids is 1. The van der Waals surface area contributed by atoms with E-state index in [1.165, 1.54) is 31.4 Å². The molecule has 1 unspecified atom stereocenters. The fourth-order valence-corrected chi connectivity index (χ4v) is 3.11. The zero-order chi connectivity index (χ0) is 18.4. The number of nitrogens with one attached hydrogen (secondary N) is 1. The van der Waals surface area contributed by atoms with E-state index in [9.17, 15) is 9.18 Å². The molecule has 0 aliphatic heterocycles. The second-order valence-electron chi connectivity index (χ2n) is 6.89. The number of rotatable bonds is 4. The number of amides is 1. The Labute approximate surface area is 154 Å². The van der Waals surface area contributed by atoms with E-state index in [0.717, 1.165) is 24.1 Å². The van der Waals surface area contributed by atoms with E-state index >= 15 is 0 Å². The van der Waals surface area contributed by atoms with E-state index in [4.69, 9.17) is 0 Å². The van der Waals surface area contributed by atoms with Gasteiger partial charge in [-0.15, -0.1) is 0 Å². The SMILES string of the molecule is CCC1C=CC(C#Cc2cccc(F)c2)=CC=C1C(=O)NCC1CCC1. The molecule has 1 aromatic rings. The van der Waals surface area contributed by atoms with Crippen molar-refractivity contribution >= 4 is 5.91 Å². The molecule has 1 saturated carbocycles. The van der Waals surface area contributed by atoms with Crippen LogP contribution in [0.4, 0.5) is 4.39 Å². The van der Waals surface area contributed by atoms with Crippen LogP contribution in [0.15, 0.2) is 59.7 Å². The largest absolute Gasteiger partial charge is 0.352 e. The second-order valence-corrected chi connectivity index (χ2v) is 6.89. The van der Waals surface area contributed by atoms with Gasteiger partial charge in [0.05, 0.1) is 0 Å². The van der Waals surface area contributed by atoms with Crippen molar-refractivity contribution < 1.29 is 9.18 Å².